The van der Waals surface area contributed by atoms with Gasteiger partial charge in [-0.05, 0) is 25.5 Å². The standard InChI is InChI=1S/C15H16FN3O2S/c1-3-9(2)17-14(21)12-8-22-15(18-12)19-13(20)10-6-4-5-7-11(10)16/h4-9H,3H2,1-2H3,(H,17,21)(H,18,19,20)/t9-/m1/s1. The lowest BCUT2D eigenvalue weighted by molar-refractivity contribution is 0.0933. The molecule has 1 atom stereocenters. The molecule has 0 spiro atoms. The quantitative estimate of drug-likeness (QED) is 0.889. The molecule has 0 saturated heterocycles. The van der Waals surface area contributed by atoms with Gasteiger partial charge in [-0.3, -0.25) is 14.9 Å². The number of anilines is 1. The van der Waals surface area contributed by atoms with Gasteiger partial charge in [-0.1, -0.05) is 19.1 Å². The van der Waals surface area contributed by atoms with Gasteiger partial charge in [0.05, 0.1) is 5.56 Å². The highest BCUT2D eigenvalue weighted by atomic mass is 32.1. The van der Waals surface area contributed by atoms with Crippen molar-refractivity contribution in [1.82, 2.24) is 10.3 Å². The molecule has 2 rings (SSSR count). The third kappa shape index (κ3) is 3.88. The lowest BCUT2D eigenvalue weighted by Crippen LogP contribution is -2.32. The van der Waals surface area contributed by atoms with Crippen LogP contribution in [0.25, 0.3) is 0 Å². The van der Waals surface area contributed by atoms with Crippen LogP contribution in [0.5, 0.6) is 0 Å². The summed E-state index contributed by atoms with van der Waals surface area (Å²) in [5.41, 5.74) is 0.164. The Bertz CT molecular complexity index is 687. The van der Waals surface area contributed by atoms with Crippen molar-refractivity contribution in [2.75, 3.05) is 5.32 Å². The van der Waals surface area contributed by atoms with Crippen molar-refractivity contribution >= 4 is 28.3 Å². The largest absolute Gasteiger partial charge is 0.348 e. The SMILES string of the molecule is CC[C@@H](C)NC(=O)c1csc(NC(=O)c2ccccc2F)n1. The highest BCUT2D eigenvalue weighted by Crippen LogP contribution is 2.17. The van der Waals surface area contributed by atoms with Crippen LogP contribution in [0.1, 0.15) is 41.1 Å². The van der Waals surface area contributed by atoms with Gasteiger partial charge < -0.3 is 5.32 Å². The number of rotatable bonds is 5. The number of halogens is 1. The molecule has 0 aliphatic carbocycles. The van der Waals surface area contributed by atoms with Crippen molar-refractivity contribution in [2.45, 2.75) is 26.3 Å². The summed E-state index contributed by atoms with van der Waals surface area (Å²) in [5.74, 6) is -1.50. The molecule has 0 saturated carbocycles. The van der Waals surface area contributed by atoms with E-state index in [2.05, 4.69) is 15.6 Å². The molecule has 7 heteroatoms. The summed E-state index contributed by atoms with van der Waals surface area (Å²) in [5, 5.41) is 7.08. The molecule has 0 fully saturated rings. The van der Waals surface area contributed by atoms with Gasteiger partial charge in [-0.2, -0.15) is 0 Å². The highest BCUT2D eigenvalue weighted by Gasteiger charge is 2.16. The first kappa shape index (κ1) is 16.1. The second-order valence-corrected chi connectivity index (χ2v) is 5.61. The summed E-state index contributed by atoms with van der Waals surface area (Å²) in [4.78, 5) is 27.9. The van der Waals surface area contributed by atoms with Gasteiger partial charge in [0.1, 0.15) is 11.5 Å². The average molecular weight is 321 g/mol. The number of hydrogen-bond acceptors (Lipinski definition) is 4. The van der Waals surface area contributed by atoms with Crippen LogP contribution in [-0.4, -0.2) is 22.8 Å². The molecule has 0 unspecified atom stereocenters. The maximum absolute atomic E-state index is 13.5. The van der Waals surface area contributed by atoms with Crippen LogP contribution in [-0.2, 0) is 0 Å². The molecule has 1 aromatic heterocycles. The Morgan fingerprint density at radius 2 is 2.05 bits per heavy atom. The third-order valence-corrected chi connectivity index (χ3v) is 3.82. The molecule has 2 N–H and O–H groups in total. The van der Waals surface area contributed by atoms with Gasteiger partial charge in [0.25, 0.3) is 11.8 Å². The van der Waals surface area contributed by atoms with Gasteiger partial charge >= 0.3 is 0 Å². The molecular weight excluding hydrogens is 305 g/mol. The van der Waals surface area contributed by atoms with Crippen LogP contribution in [0.4, 0.5) is 9.52 Å². The van der Waals surface area contributed by atoms with Crippen molar-refractivity contribution in [1.29, 1.82) is 0 Å². The fourth-order valence-electron chi connectivity index (χ4n) is 1.65. The van der Waals surface area contributed by atoms with Crippen LogP contribution in [0, 0.1) is 5.82 Å². The van der Waals surface area contributed by atoms with E-state index >= 15 is 0 Å². The predicted molar refractivity (Wildman–Crippen MR) is 83.7 cm³/mol. The minimum absolute atomic E-state index is 0.0469. The van der Waals surface area contributed by atoms with E-state index in [4.69, 9.17) is 0 Å². The van der Waals surface area contributed by atoms with Crippen LogP contribution in [0.15, 0.2) is 29.6 Å². The van der Waals surface area contributed by atoms with Crippen molar-refractivity contribution in [3.05, 3.63) is 46.7 Å². The lowest BCUT2D eigenvalue weighted by atomic mass is 10.2. The summed E-state index contributed by atoms with van der Waals surface area (Å²) in [6, 6.07) is 5.72. The lowest BCUT2D eigenvalue weighted by Gasteiger charge is -2.09. The fourth-order valence-corrected chi connectivity index (χ4v) is 2.33. The number of hydrogen-bond donors (Lipinski definition) is 2. The minimum atomic E-state index is -0.605. The number of carbonyl (C=O) groups excluding carboxylic acids is 2. The van der Waals surface area contributed by atoms with Gasteiger partial charge in [0, 0.05) is 11.4 Å². The van der Waals surface area contributed by atoms with E-state index in [1.165, 1.54) is 18.2 Å². The topological polar surface area (TPSA) is 71.1 Å². The van der Waals surface area contributed by atoms with Crippen molar-refractivity contribution in [2.24, 2.45) is 0 Å². The average Bonchev–Trinajstić information content (AvgIpc) is 2.96. The van der Waals surface area contributed by atoms with Crippen LogP contribution in [0.3, 0.4) is 0 Å². The first-order valence-electron chi connectivity index (χ1n) is 6.83. The van der Waals surface area contributed by atoms with Gasteiger partial charge in [-0.25, -0.2) is 9.37 Å². The molecule has 0 radical (unpaired) electrons. The Labute approximate surface area is 131 Å². The van der Waals surface area contributed by atoms with Gasteiger partial charge in [0.15, 0.2) is 5.13 Å². The Morgan fingerprint density at radius 3 is 2.73 bits per heavy atom. The molecule has 0 aliphatic heterocycles. The number of nitrogens with one attached hydrogen (secondary N) is 2. The summed E-state index contributed by atoms with van der Waals surface area (Å²) in [7, 11) is 0. The van der Waals surface area contributed by atoms with Crippen molar-refractivity contribution in [3.63, 3.8) is 0 Å². The molecule has 5 nitrogen and oxygen atoms in total. The van der Waals surface area contributed by atoms with Gasteiger partial charge in [0.2, 0.25) is 0 Å². The monoisotopic (exact) mass is 321 g/mol. The van der Waals surface area contributed by atoms with E-state index in [1.54, 1.807) is 11.4 Å². The predicted octanol–water partition coefficient (Wildman–Crippen LogP) is 3.06. The first-order chi connectivity index (χ1) is 10.5. The maximum atomic E-state index is 13.5. The molecule has 2 amide bonds. The zero-order valence-corrected chi connectivity index (χ0v) is 13.0. The van der Waals surface area contributed by atoms with E-state index in [0.717, 1.165) is 17.8 Å². The summed E-state index contributed by atoms with van der Waals surface area (Å²) < 4.78 is 13.5. The fraction of sp³-hybridized carbons (Fsp3) is 0.267. The molecule has 0 aliphatic rings. The number of nitrogens with zero attached hydrogens (tertiary/aromatic N) is 1. The number of benzene rings is 1. The third-order valence-electron chi connectivity index (χ3n) is 3.07. The number of thiazole rings is 1. The highest BCUT2D eigenvalue weighted by molar-refractivity contribution is 7.14. The van der Waals surface area contributed by atoms with E-state index in [-0.39, 0.29) is 28.3 Å². The zero-order valence-electron chi connectivity index (χ0n) is 12.2. The van der Waals surface area contributed by atoms with Crippen LogP contribution < -0.4 is 10.6 Å². The molecule has 22 heavy (non-hydrogen) atoms. The molecule has 2 aromatic rings. The Hall–Kier alpha value is -2.28. The Balaban J connectivity index is 2.05. The maximum Gasteiger partial charge on any atom is 0.271 e. The Kier molecular flexibility index (Phi) is 5.21. The van der Waals surface area contributed by atoms with E-state index in [1.807, 2.05) is 13.8 Å². The van der Waals surface area contributed by atoms with E-state index in [0.29, 0.717) is 0 Å². The summed E-state index contributed by atoms with van der Waals surface area (Å²) in [6.45, 7) is 3.86. The zero-order chi connectivity index (χ0) is 16.1. The van der Waals surface area contributed by atoms with Gasteiger partial charge in [-0.15, -0.1) is 11.3 Å². The summed E-state index contributed by atoms with van der Waals surface area (Å²) in [6.07, 6.45) is 0.812. The molecule has 0 bridgehead atoms. The molecule has 1 heterocycles. The van der Waals surface area contributed by atoms with Crippen molar-refractivity contribution in [3.8, 4) is 0 Å². The minimum Gasteiger partial charge on any atom is -0.348 e. The number of amides is 2. The van der Waals surface area contributed by atoms with Crippen molar-refractivity contribution < 1.29 is 14.0 Å². The van der Waals surface area contributed by atoms with Crippen LogP contribution >= 0.6 is 11.3 Å². The van der Waals surface area contributed by atoms with E-state index in [9.17, 15) is 14.0 Å². The smallest absolute Gasteiger partial charge is 0.271 e. The van der Waals surface area contributed by atoms with E-state index < -0.39 is 11.7 Å². The second-order valence-electron chi connectivity index (χ2n) is 4.75. The number of carbonyl (C=O) groups is 2. The number of aromatic nitrogens is 1. The first-order valence-corrected chi connectivity index (χ1v) is 7.71. The molecule has 1 aromatic carbocycles. The molecular formula is C15H16FN3O2S. The normalized spacial score (nSPS) is 11.8. The second kappa shape index (κ2) is 7.13. The summed E-state index contributed by atoms with van der Waals surface area (Å²) >= 11 is 1.12. The Morgan fingerprint density at radius 1 is 1.32 bits per heavy atom. The van der Waals surface area contributed by atoms with Crippen LogP contribution in [0.2, 0.25) is 0 Å². The molecule has 116 valence electrons.